The first kappa shape index (κ1) is 10.2. The van der Waals surface area contributed by atoms with Gasteiger partial charge < -0.3 is 10.2 Å². The normalized spacial score (nSPS) is 17.1. The minimum atomic E-state index is -1.08. The molecule has 0 atom stereocenters. The van der Waals surface area contributed by atoms with Crippen molar-refractivity contribution in [3.63, 3.8) is 0 Å². The molecule has 1 saturated carbocycles. The van der Waals surface area contributed by atoms with E-state index in [1.807, 2.05) is 0 Å². The summed E-state index contributed by atoms with van der Waals surface area (Å²) in [5, 5.41) is 27.6. The van der Waals surface area contributed by atoms with E-state index < -0.39 is 22.7 Å². The highest BCUT2D eigenvalue weighted by atomic mass is 79.9. The molecule has 1 aliphatic rings. The average molecular weight is 272 g/mol. The fourth-order valence-corrected chi connectivity index (χ4v) is 1.93. The fraction of sp³-hybridized carbons (Fsp3) is 0.300. The van der Waals surface area contributed by atoms with E-state index in [1.54, 1.807) is 0 Å². The second-order valence-corrected chi connectivity index (χ2v) is 4.47. The maximum Gasteiger partial charge on any atom is 0.207 e. The van der Waals surface area contributed by atoms with Crippen LogP contribution in [0.25, 0.3) is 0 Å². The van der Waals surface area contributed by atoms with Crippen LogP contribution in [0.5, 0.6) is 11.5 Å². The molecule has 0 aliphatic heterocycles. The molecule has 1 aromatic rings. The van der Waals surface area contributed by atoms with Gasteiger partial charge in [0.05, 0.1) is 16.0 Å². The maximum atomic E-state index is 13.3. The number of halogens is 2. The monoisotopic (exact) mass is 271 g/mol. The zero-order chi connectivity index (χ0) is 11.2. The summed E-state index contributed by atoms with van der Waals surface area (Å²) in [6, 6.07) is 3.45. The van der Waals surface area contributed by atoms with Crippen LogP contribution in [0.2, 0.25) is 0 Å². The van der Waals surface area contributed by atoms with Gasteiger partial charge in [-0.15, -0.1) is 0 Å². The molecule has 5 heteroatoms. The lowest BCUT2D eigenvalue weighted by Gasteiger charge is -2.11. The Morgan fingerprint density at radius 3 is 2.47 bits per heavy atom. The van der Waals surface area contributed by atoms with Crippen LogP contribution < -0.4 is 0 Å². The predicted molar refractivity (Wildman–Crippen MR) is 54.0 cm³/mol. The largest absolute Gasteiger partial charge is 0.504 e. The predicted octanol–water partition coefficient (Wildman–Crippen LogP) is 2.55. The Labute approximate surface area is 93.9 Å². The molecule has 78 valence electrons. The van der Waals surface area contributed by atoms with Crippen LogP contribution in [-0.2, 0) is 5.41 Å². The molecule has 0 heterocycles. The zero-order valence-corrected chi connectivity index (χ0v) is 9.18. The highest BCUT2D eigenvalue weighted by Crippen LogP contribution is 2.53. The van der Waals surface area contributed by atoms with Crippen molar-refractivity contribution in [2.75, 3.05) is 0 Å². The number of hydrogen-bond acceptors (Lipinski definition) is 3. The van der Waals surface area contributed by atoms with Crippen LogP contribution in [0.3, 0.4) is 0 Å². The molecule has 3 nitrogen and oxygen atoms in total. The molecule has 1 aromatic carbocycles. The van der Waals surface area contributed by atoms with Gasteiger partial charge in [-0.05, 0) is 34.8 Å². The van der Waals surface area contributed by atoms with E-state index in [9.17, 15) is 14.6 Å². The summed E-state index contributed by atoms with van der Waals surface area (Å²) in [6.07, 6.45) is 1.21. The van der Waals surface area contributed by atoms with Crippen molar-refractivity contribution >= 4 is 15.9 Å². The summed E-state index contributed by atoms with van der Waals surface area (Å²) >= 11 is 2.97. The Balaban J connectivity index is 2.65. The van der Waals surface area contributed by atoms with E-state index in [0.717, 1.165) is 0 Å². The number of rotatable bonds is 1. The zero-order valence-electron chi connectivity index (χ0n) is 7.59. The van der Waals surface area contributed by atoms with Crippen LogP contribution in [0.4, 0.5) is 4.39 Å². The third-order valence-electron chi connectivity index (χ3n) is 2.65. The quantitative estimate of drug-likeness (QED) is 0.825. The maximum absolute atomic E-state index is 13.3. The van der Waals surface area contributed by atoms with Crippen LogP contribution >= 0.6 is 15.9 Å². The first-order chi connectivity index (χ1) is 7.02. The van der Waals surface area contributed by atoms with Crippen molar-refractivity contribution in [2.45, 2.75) is 18.3 Å². The van der Waals surface area contributed by atoms with Gasteiger partial charge in [0, 0.05) is 5.56 Å². The fourth-order valence-electron chi connectivity index (χ4n) is 1.53. The average Bonchev–Trinajstić information content (AvgIpc) is 3.01. The summed E-state index contributed by atoms with van der Waals surface area (Å²) < 4.78 is 13.5. The lowest BCUT2D eigenvalue weighted by molar-refractivity contribution is 0.381. The van der Waals surface area contributed by atoms with Crippen LogP contribution in [-0.4, -0.2) is 10.2 Å². The van der Waals surface area contributed by atoms with Gasteiger partial charge in [0.2, 0.25) is 5.82 Å². The van der Waals surface area contributed by atoms with Gasteiger partial charge in [0.15, 0.2) is 11.5 Å². The summed E-state index contributed by atoms with van der Waals surface area (Å²) in [5.74, 6) is -2.35. The molecule has 2 rings (SSSR count). The van der Waals surface area contributed by atoms with Gasteiger partial charge in [-0.25, -0.2) is 0 Å². The summed E-state index contributed by atoms with van der Waals surface area (Å²) in [4.78, 5) is 0. The first-order valence-electron chi connectivity index (χ1n) is 4.33. The van der Waals surface area contributed by atoms with E-state index in [0.29, 0.717) is 12.8 Å². The van der Waals surface area contributed by atoms with Crippen molar-refractivity contribution in [1.29, 1.82) is 5.26 Å². The number of phenolic OH excluding ortho intramolecular Hbond substituents is 2. The van der Waals surface area contributed by atoms with E-state index in [1.165, 1.54) is 6.07 Å². The molecule has 15 heavy (non-hydrogen) atoms. The van der Waals surface area contributed by atoms with Crippen molar-refractivity contribution < 1.29 is 14.6 Å². The number of nitrogens with zero attached hydrogens (tertiary/aromatic N) is 1. The van der Waals surface area contributed by atoms with E-state index in [-0.39, 0.29) is 10.0 Å². The van der Waals surface area contributed by atoms with Crippen LogP contribution in [0.15, 0.2) is 10.5 Å². The Morgan fingerprint density at radius 1 is 1.40 bits per heavy atom. The lowest BCUT2D eigenvalue weighted by atomic mass is 9.96. The molecule has 0 bridgehead atoms. The molecule has 1 fully saturated rings. The van der Waals surface area contributed by atoms with Crippen LogP contribution in [0, 0.1) is 17.1 Å². The van der Waals surface area contributed by atoms with Crippen molar-refractivity contribution in [1.82, 2.24) is 0 Å². The molecular weight excluding hydrogens is 265 g/mol. The molecule has 0 radical (unpaired) electrons. The topological polar surface area (TPSA) is 64.2 Å². The second-order valence-electron chi connectivity index (χ2n) is 3.61. The third kappa shape index (κ3) is 1.37. The lowest BCUT2D eigenvalue weighted by Crippen LogP contribution is -2.04. The number of hydrogen-bond donors (Lipinski definition) is 2. The Kier molecular flexibility index (Phi) is 2.12. The highest BCUT2D eigenvalue weighted by Gasteiger charge is 2.47. The summed E-state index contributed by atoms with van der Waals surface area (Å²) in [6.45, 7) is 0. The third-order valence-corrected chi connectivity index (χ3v) is 3.25. The molecule has 0 spiro atoms. The van der Waals surface area contributed by atoms with Gasteiger partial charge in [0.1, 0.15) is 0 Å². The SMILES string of the molecule is N#CC1(c2cc(Br)c(O)c(F)c2O)CC1. The second kappa shape index (κ2) is 3.11. The Morgan fingerprint density at radius 2 is 2.00 bits per heavy atom. The van der Waals surface area contributed by atoms with Gasteiger partial charge in [-0.3, -0.25) is 0 Å². The highest BCUT2D eigenvalue weighted by molar-refractivity contribution is 9.10. The van der Waals surface area contributed by atoms with E-state index >= 15 is 0 Å². The Hall–Kier alpha value is -1.28. The number of aromatic hydroxyl groups is 2. The first-order valence-corrected chi connectivity index (χ1v) is 5.13. The van der Waals surface area contributed by atoms with Gasteiger partial charge in [-0.1, -0.05) is 0 Å². The number of benzene rings is 1. The molecule has 0 amide bonds. The molecular formula is C10H7BrFNO2. The summed E-state index contributed by atoms with van der Waals surface area (Å²) in [5.41, 5.74) is -0.534. The smallest absolute Gasteiger partial charge is 0.207 e. The molecule has 0 saturated heterocycles. The van der Waals surface area contributed by atoms with Crippen molar-refractivity contribution in [3.8, 4) is 17.6 Å². The van der Waals surface area contributed by atoms with Crippen molar-refractivity contribution in [3.05, 3.63) is 21.9 Å². The number of phenols is 2. The van der Waals surface area contributed by atoms with Gasteiger partial charge in [-0.2, -0.15) is 9.65 Å². The standard InChI is InChI=1S/C10H7BrFNO2/c11-6-3-5(10(4-13)1-2-10)8(14)7(12)9(6)15/h3,14-15H,1-2H2. The van der Waals surface area contributed by atoms with Gasteiger partial charge >= 0.3 is 0 Å². The minimum absolute atomic E-state index is 0.148. The van der Waals surface area contributed by atoms with E-state index in [2.05, 4.69) is 22.0 Å². The van der Waals surface area contributed by atoms with Gasteiger partial charge in [0.25, 0.3) is 0 Å². The minimum Gasteiger partial charge on any atom is -0.504 e. The molecule has 0 aromatic heterocycles. The number of nitriles is 1. The van der Waals surface area contributed by atoms with E-state index in [4.69, 9.17) is 5.26 Å². The van der Waals surface area contributed by atoms with Crippen molar-refractivity contribution in [2.24, 2.45) is 0 Å². The molecule has 2 N–H and O–H groups in total. The Bertz CT molecular complexity index is 477. The summed E-state index contributed by atoms with van der Waals surface area (Å²) in [7, 11) is 0. The molecule has 1 aliphatic carbocycles. The van der Waals surface area contributed by atoms with Crippen LogP contribution in [0.1, 0.15) is 18.4 Å². The molecule has 0 unspecified atom stereocenters.